The molecule has 0 saturated carbocycles. The van der Waals surface area contributed by atoms with Crippen LogP contribution < -0.4 is 5.02 Å². The first-order chi connectivity index (χ1) is 7.11. The van der Waals surface area contributed by atoms with Crippen LogP contribution in [0.2, 0.25) is 0 Å². The molecule has 1 fully saturated rings. The van der Waals surface area contributed by atoms with E-state index in [9.17, 15) is 15.5 Å². The summed E-state index contributed by atoms with van der Waals surface area (Å²) in [6.07, 6.45) is 1.47. The number of aliphatic hydroxyl groups is 1. The van der Waals surface area contributed by atoms with Gasteiger partial charge in [-0.3, -0.25) is 0 Å². The maximum atomic E-state index is 10.9. The van der Waals surface area contributed by atoms with Crippen molar-refractivity contribution in [3.05, 3.63) is 16.7 Å². The third-order valence-corrected chi connectivity index (χ3v) is 3.31. The number of rotatable bonds is 0. The Morgan fingerprint density at radius 2 is 2.47 bits per heavy atom. The zero-order valence-corrected chi connectivity index (χ0v) is 7.96. The summed E-state index contributed by atoms with van der Waals surface area (Å²) in [7, 11) is 0. The predicted molar refractivity (Wildman–Crippen MR) is 44.6 cm³/mol. The predicted octanol–water partition coefficient (Wildman–Crippen LogP) is -1.09. The first kappa shape index (κ1) is 9.08. The van der Waals surface area contributed by atoms with Crippen molar-refractivity contribution in [3.63, 3.8) is 0 Å². The van der Waals surface area contributed by atoms with E-state index in [-0.39, 0.29) is 10.8 Å². The standard InChI is InChI=1S/C8H11N3O4/c12-8-3-4-10(13)6(8)2-1-5-7(8)15-11(14)9-5/h6,12-13H,1-4H2/t6-,8+/m1/s1. The summed E-state index contributed by atoms with van der Waals surface area (Å²) in [5.74, 6) is 0.213. The number of aromatic nitrogens is 2. The summed E-state index contributed by atoms with van der Waals surface area (Å²) < 4.78 is 4.83. The number of hydrogen-bond acceptors (Lipinski definition) is 6. The van der Waals surface area contributed by atoms with Crippen LogP contribution >= 0.6 is 0 Å². The molecule has 15 heavy (non-hydrogen) atoms. The molecule has 0 unspecified atom stereocenters. The van der Waals surface area contributed by atoms with Crippen LogP contribution in [0.25, 0.3) is 0 Å². The average molecular weight is 213 g/mol. The number of hydroxylamine groups is 2. The van der Waals surface area contributed by atoms with Gasteiger partial charge in [-0.05, 0) is 19.3 Å². The van der Waals surface area contributed by atoms with E-state index < -0.39 is 11.6 Å². The lowest BCUT2D eigenvalue weighted by Gasteiger charge is -2.33. The van der Waals surface area contributed by atoms with E-state index in [0.29, 0.717) is 31.5 Å². The highest BCUT2D eigenvalue weighted by molar-refractivity contribution is 5.23. The molecular formula is C8H11N3O4. The monoisotopic (exact) mass is 213 g/mol. The molecule has 2 heterocycles. The fourth-order valence-electron chi connectivity index (χ4n) is 2.57. The molecule has 3 rings (SSSR count). The van der Waals surface area contributed by atoms with E-state index >= 15 is 0 Å². The van der Waals surface area contributed by atoms with Crippen LogP contribution in [0.15, 0.2) is 4.52 Å². The number of fused-ring (bicyclic) bond motifs is 3. The summed E-state index contributed by atoms with van der Waals surface area (Å²) in [5, 5.41) is 35.7. The second kappa shape index (κ2) is 2.69. The van der Waals surface area contributed by atoms with Gasteiger partial charge in [-0.2, -0.15) is 5.06 Å². The molecule has 0 spiro atoms. The highest BCUT2D eigenvalue weighted by Crippen LogP contribution is 2.43. The second-order valence-corrected chi connectivity index (χ2v) is 4.10. The maximum absolute atomic E-state index is 10.9. The Balaban J connectivity index is 2.11. The molecule has 0 radical (unpaired) electrons. The first-order valence-corrected chi connectivity index (χ1v) is 4.89. The molecule has 1 aromatic rings. The Labute approximate surface area is 85.0 Å². The van der Waals surface area contributed by atoms with Gasteiger partial charge in [0.15, 0.2) is 5.02 Å². The molecule has 7 heteroatoms. The number of nitrogens with zero attached hydrogens (tertiary/aromatic N) is 3. The topological polar surface area (TPSA) is 96.7 Å². The van der Waals surface area contributed by atoms with Gasteiger partial charge in [0, 0.05) is 6.54 Å². The normalized spacial score (nSPS) is 35.2. The molecule has 0 aromatic carbocycles. The van der Waals surface area contributed by atoms with Crippen molar-refractivity contribution in [2.45, 2.75) is 30.9 Å². The highest BCUT2D eigenvalue weighted by atomic mass is 16.8. The lowest BCUT2D eigenvalue weighted by atomic mass is 9.82. The van der Waals surface area contributed by atoms with Crippen molar-refractivity contribution < 1.29 is 19.9 Å². The molecule has 2 aliphatic rings. The Hall–Kier alpha value is -1.18. The van der Waals surface area contributed by atoms with Crippen LogP contribution in [0, 0.1) is 5.21 Å². The van der Waals surface area contributed by atoms with Gasteiger partial charge in [0.05, 0.1) is 11.1 Å². The van der Waals surface area contributed by atoms with Gasteiger partial charge in [0.2, 0.25) is 0 Å². The van der Waals surface area contributed by atoms with Crippen molar-refractivity contribution in [2.75, 3.05) is 6.54 Å². The van der Waals surface area contributed by atoms with E-state index in [1.54, 1.807) is 0 Å². The number of aryl methyl sites for hydroxylation is 1. The smallest absolute Gasteiger partial charge is 0.178 e. The first-order valence-electron chi connectivity index (χ1n) is 4.89. The zero-order valence-electron chi connectivity index (χ0n) is 7.96. The summed E-state index contributed by atoms with van der Waals surface area (Å²) in [4.78, 5) is 0. The van der Waals surface area contributed by atoms with Crippen molar-refractivity contribution in [2.24, 2.45) is 0 Å². The maximum Gasteiger partial charge on any atom is 0.178 e. The third kappa shape index (κ3) is 1.05. The Bertz CT molecular complexity index is 407. The molecular weight excluding hydrogens is 202 g/mol. The van der Waals surface area contributed by atoms with E-state index in [1.807, 2.05) is 0 Å². The Morgan fingerprint density at radius 3 is 3.27 bits per heavy atom. The van der Waals surface area contributed by atoms with Crippen LogP contribution in [0.3, 0.4) is 0 Å². The van der Waals surface area contributed by atoms with Crippen LogP contribution in [-0.2, 0) is 12.0 Å². The summed E-state index contributed by atoms with van der Waals surface area (Å²) >= 11 is 0. The second-order valence-electron chi connectivity index (χ2n) is 4.10. The average Bonchev–Trinajstić information content (AvgIpc) is 2.69. The fraction of sp³-hybridized carbons (Fsp3) is 0.750. The summed E-state index contributed by atoms with van der Waals surface area (Å²) in [6, 6.07) is -0.391. The van der Waals surface area contributed by atoms with Gasteiger partial charge in [-0.25, -0.2) is 5.21 Å². The van der Waals surface area contributed by atoms with Gasteiger partial charge in [0.25, 0.3) is 0 Å². The molecule has 1 saturated heterocycles. The minimum absolute atomic E-state index is 0.116. The largest absolute Gasteiger partial charge is 0.382 e. The molecule has 82 valence electrons. The van der Waals surface area contributed by atoms with E-state index in [2.05, 4.69) is 5.10 Å². The summed E-state index contributed by atoms with van der Waals surface area (Å²) in [5.41, 5.74) is -0.760. The molecule has 7 nitrogen and oxygen atoms in total. The van der Waals surface area contributed by atoms with Gasteiger partial charge < -0.3 is 14.8 Å². The van der Waals surface area contributed by atoms with Gasteiger partial charge in [-0.1, -0.05) is 0 Å². The molecule has 2 atom stereocenters. The fourth-order valence-corrected chi connectivity index (χ4v) is 2.57. The SMILES string of the molecule is [O-][n+]1nc2c(o1)[C@]1(O)CCN(O)[C@@H]1CC2. The van der Waals surface area contributed by atoms with Gasteiger partial charge >= 0.3 is 0 Å². The van der Waals surface area contributed by atoms with E-state index in [0.717, 1.165) is 5.06 Å². The third-order valence-electron chi connectivity index (χ3n) is 3.31. The van der Waals surface area contributed by atoms with Crippen LogP contribution in [-0.4, -0.2) is 33.1 Å². The van der Waals surface area contributed by atoms with Crippen LogP contribution in [0.4, 0.5) is 0 Å². The lowest BCUT2D eigenvalue weighted by Crippen LogP contribution is -2.44. The van der Waals surface area contributed by atoms with Gasteiger partial charge in [-0.15, -0.1) is 0 Å². The molecule has 0 bridgehead atoms. The van der Waals surface area contributed by atoms with E-state index in [4.69, 9.17) is 4.52 Å². The Kier molecular flexibility index (Phi) is 1.63. The van der Waals surface area contributed by atoms with Crippen molar-refractivity contribution in [1.29, 1.82) is 0 Å². The molecule has 1 aliphatic carbocycles. The highest BCUT2D eigenvalue weighted by Gasteiger charge is 2.52. The lowest BCUT2D eigenvalue weighted by molar-refractivity contribution is -0.842. The molecule has 1 aliphatic heterocycles. The zero-order chi connectivity index (χ0) is 10.6. The quantitative estimate of drug-likeness (QED) is 0.531. The van der Waals surface area contributed by atoms with Crippen molar-refractivity contribution >= 4 is 0 Å². The molecule has 1 aromatic heterocycles. The van der Waals surface area contributed by atoms with Crippen LogP contribution in [0.5, 0.6) is 0 Å². The molecule has 2 N–H and O–H groups in total. The van der Waals surface area contributed by atoms with Gasteiger partial charge in [0.1, 0.15) is 17.1 Å². The minimum atomic E-state index is -1.26. The van der Waals surface area contributed by atoms with Crippen LogP contribution in [0.1, 0.15) is 24.3 Å². The van der Waals surface area contributed by atoms with E-state index in [1.165, 1.54) is 0 Å². The van der Waals surface area contributed by atoms with Crippen molar-refractivity contribution in [3.8, 4) is 0 Å². The van der Waals surface area contributed by atoms with Crippen molar-refractivity contribution in [1.82, 2.24) is 10.2 Å². The molecule has 0 amide bonds. The minimum Gasteiger partial charge on any atom is -0.382 e. The number of hydrogen-bond donors (Lipinski definition) is 2. The summed E-state index contributed by atoms with van der Waals surface area (Å²) in [6.45, 7) is 0.375. The Morgan fingerprint density at radius 1 is 1.67 bits per heavy atom.